The molecule has 0 bridgehead atoms. The number of ether oxygens (including phenoxy) is 1. The molecule has 1 aliphatic rings. The van der Waals surface area contributed by atoms with E-state index in [0.29, 0.717) is 17.5 Å². The van der Waals surface area contributed by atoms with Gasteiger partial charge >= 0.3 is 0 Å². The fraction of sp³-hybridized carbons (Fsp3) is 0.458. The van der Waals surface area contributed by atoms with Gasteiger partial charge in [-0.1, -0.05) is 31.1 Å². The monoisotopic (exact) mass is 437 g/mol. The van der Waals surface area contributed by atoms with E-state index in [1.54, 1.807) is 16.9 Å². The zero-order chi connectivity index (χ0) is 22.7. The molecule has 1 saturated heterocycles. The highest BCUT2D eigenvalue weighted by Crippen LogP contribution is 2.31. The Labute approximate surface area is 188 Å². The third-order valence-electron chi connectivity index (χ3n) is 6.37. The van der Waals surface area contributed by atoms with Gasteiger partial charge in [0.2, 0.25) is 0 Å². The summed E-state index contributed by atoms with van der Waals surface area (Å²) in [5.41, 5.74) is 3.83. The molecule has 1 amide bonds. The lowest BCUT2D eigenvalue weighted by atomic mass is 9.96. The highest BCUT2D eigenvalue weighted by molar-refractivity contribution is 6.03. The van der Waals surface area contributed by atoms with Gasteiger partial charge in [0.15, 0.2) is 11.5 Å². The topological polar surface area (TPSA) is 85.4 Å². The van der Waals surface area contributed by atoms with Gasteiger partial charge in [-0.15, -0.1) is 0 Å². The van der Waals surface area contributed by atoms with E-state index >= 15 is 0 Å². The molecular weight excluding hydrogens is 406 g/mol. The number of benzene rings is 1. The largest absolute Gasteiger partial charge is 0.373 e. The maximum atomic E-state index is 12.6. The van der Waals surface area contributed by atoms with Gasteiger partial charge in [-0.3, -0.25) is 9.48 Å². The molecule has 1 aliphatic heterocycles. The standard InChI is InChI=1S/C24H31N5O3/c1-5-29(6-2)19-11-12-31-22(13-19)17-7-9-18(10-8-17)26-24(30)21-14-23(32-27-21)20-15-25-28(4)16(20)3/h7-10,14-15,19,22H,5-6,11-13H2,1-4H3,(H,26,30)/t19-,22+/m1/s1. The molecule has 0 radical (unpaired) electrons. The number of amides is 1. The summed E-state index contributed by atoms with van der Waals surface area (Å²) in [4.78, 5) is 15.1. The highest BCUT2D eigenvalue weighted by atomic mass is 16.5. The smallest absolute Gasteiger partial charge is 0.277 e. The molecule has 3 heterocycles. The highest BCUT2D eigenvalue weighted by Gasteiger charge is 2.27. The third kappa shape index (κ3) is 4.61. The van der Waals surface area contributed by atoms with Crippen LogP contribution in [0.25, 0.3) is 11.3 Å². The Morgan fingerprint density at radius 2 is 2.00 bits per heavy atom. The Morgan fingerprint density at radius 3 is 2.66 bits per heavy atom. The van der Waals surface area contributed by atoms with Crippen LogP contribution in [0.4, 0.5) is 5.69 Å². The zero-order valence-electron chi connectivity index (χ0n) is 19.2. The SMILES string of the molecule is CCN(CC)[C@@H]1CCO[C@H](c2ccc(NC(=O)c3cc(-c4cnn(C)c4C)on3)cc2)C1. The Kier molecular flexibility index (Phi) is 6.72. The summed E-state index contributed by atoms with van der Waals surface area (Å²) in [5.74, 6) is 0.207. The van der Waals surface area contributed by atoms with Crippen LogP contribution in [0.2, 0.25) is 0 Å². The van der Waals surface area contributed by atoms with E-state index in [-0.39, 0.29) is 17.7 Å². The van der Waals surface area contributed by atoms with Crippen molar-refractivity contribution >= 4 is 11.6 Å². The lowest BCUT2D eigenvalue weighted by molar-refractivity contribution is -0.0265. The van der Waals surface area contributed by atoms with E-state index in [4.69, 9.17) is 9.26 Å². The van der Waals surface area contributed by atoms with Crippen LogP contribution in [-0.2, 0) is 11.8 Å². The third-order valence-corrected chi connectivity index (χ3v) is 6.37. The number of carbonyl (C=O) groups excluding carboxylic acids is 1. The van der Waals surface area contributed by atoms with E-state index in [1.165, 1.54) is 0 Å². The van der Waals surface area contributed by atoms with Gasteiger partial charge in [0.25, 0.3) is 5.91 Å². The van der Waals surface area contributed by atoms with Crippen molar-refractivity contribution in [3.05, 3.63) is 53.5 Å². The Balaban J connectivity index is 1.40. The van der Waals surface area contributed by atoms with Gasteiger partial charge < -0.3 is 19.5 Å². The van der Waals surface area contributed by atoms with E-state index in [1.807, 2.05) is 38.2 Å². The van der Waals surface area contributed by atoms with Crippen molar-refractivity contribution in [2.24, 2.45) is 7.05 Å². The quantitative estimate of drug-likeness (QED) is 0.596. The average Bonchev–Trinajstić information content (AvgIpc) is 3.42. The van der Waals surface area contributed by atoms with Gasteiger partial charge in [0.1, 0.15) is 0 Å². The van der Waals surface area contributed by atoms with Crippen LogP contribution in [0.15, 0.2) is 41.1 Å². The molecule has 0 saturated carbocycles. The molecule has 1 fully saturated rings. The summed E-state index contributed by atoms with van der Waals surface area (Å²) in [6.07, 6.45) is 3.85. The Hall–Kier alpha value is -2.97. The van der Waals surface area contributed by atoms with Crippen LogP contribution >= 0.6 is 0 Å². The molecule has 0 aliphatic carbocycles. The fourth-order valence-corrected chi connectivity index (χ4v) is 4.31. The Morgan fingerprint density at radius 1 is 1.25 bits per heavy atom. The van der Waals surface area contributed by atoms with Crippen molar-refractivity contribution in [2.75, 3.05) is 25.0 Å². The molecule has 3 aromatic rings. The van der Waals surface area contributed by atoms with Gasteiger partial charge in [0.05, 0.1) is 17.9 Å². The first-order chi connectivity index (χ1) is 15.5. The van der Waals surface area contributed by atoms with E-state index in [9.17, 15) is 4.79 Å². The predicted molar refractivity (Wildman–Crippen MR) is 122 cm³/mol. The number of rotatable bonds is 7. The zero-order valence-corrected chi connectivity index (χ0v) is 19.2. The van der Waals surface area contributed by atoms with Gasteiger partial charge in [-0.2, -0.15) is 5.10 Å². The molecule has 0 unspecified atom stereocenters. The lowest BCUT2D eigenvalue weighted by Gasteiger charge is -2.36. The number of anilines is 1. The van der Waals surface area contributed by atoms with Crippen LogP contribution in [0, 0.1) is 6.92 Å². The van der Waals surface area contributed by atoms with Crippen molar-refractivity contribution in [3.8, 4) is 11.3 Å². The number of aromatic nitrogens is 3. The molecule has 4 rings (SSSR count). The summed E-state index contributed by atoms with van der Waals surface area (Å²) in [6.45, 7) is 9.25. The first-order valence-corrected chi connectivity index (χ1v) is 11.2. The number of nitrogens with zero attached hydrogens (tertiary/aromatic N) is 4. The maximum absolute atomic E-state index is 12.6. The molecule has 0 spiro atoms. The average molecular weight is 438 g/mol. The van der Waals surface area contributed by atoms with Crippen LogP contribution in [-0.4, -0.2) is 51.5 Å². The first-order valence-electron chi connectivity index (χ1n) is 11.2. The summed E-state index contributed by atoms with van der Waals surface area (Å²) in [5, 5.41) is 11.0. The van der Waals surface area contributed by atoms with Gasteiger partial charge in [0, 0.05) is 37.1 Å². The van der Waals surface area contributed by atoms with Crippen molar-refractivity contribution in [3.63, 3.8) is 0 Å². The van der Waals surface area contributed by atoms with E-state index in [0.717, 1.165) is 49.4 Å². The summed E-state index contributed by atoms with van der Waals surface area (Å²) in [7, 11) is 1.86. The number of hydrogen-bond acceptors (Lipinski definition) is 6. The minimum absolute atomic E-state index is 0.0833. The van der Waals surface area contributed by atoms with Crippen molar-refractivity contribution in [2.45, 2.75) is 45.8 Å². The molecule has 2 atom stereocenters. The van der Waals surface area contributed by atoms with Crippen LogP contribution in [0.3, 0.4) is 0 Å². The fourth-order valence-electron chi connectivity index (χ4n) is 4.31. The van der Waals surface area contributed by atoms with Crippen molar-refractivity contribution < 1.29 is 14.1 Å². The minimum Gasteiger partial charge on any atom is -0.373 e. The summed E-state index contributed by atoms with van der Waals surface area (Å²) >= 11 is 0. The van der Waals surface area contributed by atoms with E-state index < -0.39 is 0 Å². The van der Waals surface area contributed by atoms with Gasteiger partial charge in [-0.25, -0.2) is 0 Å². The van der Waals surface area contributed by atoms with Crippen LogP contribution in [0.1, 0.15) is 54.5 Å². The summed E-state index contributed by atoms with van der Waals surface area (Å²) < 4.78 is 13.2. The lowest BCUT2D eigenvalue weighted by Crippen LogP contribution is -2.40. The number of hydrogen-bond donors (Lipinski definition) is 1. The van der Waals surface area contributed by atoms with Gasteiger partial charge in [-0.05, 0) is 50.6 Å². The summed E-state index contributed by atoms with van der Waals surface area (Å²) in [6, 6.07) is 10.0. The number of aryl methyl sites for hydroxylation is 1. The molecular formula is C24H31N5O3. The van der Waals surface area contributed by atoms with Crippen molar-refractivity contribution in [1.29, 1.82) is 0 Å². The number of carbonyl (C=O) groups is 1. The molecule has 32 heavy (non-hydrogen) atoms. The first kappa shape index (κ1) is 22.2. The molecule has 170 valence electrons. The maximum Gasteiger partial charge on any atom is 0.277 e. The second kappa shape index (κ2) is 9.67. The second-order valence-electron chi connectivity index (χ2n) is 8.18. The van der Waals surface area contributed by atoms with Crippen LogP contribution in [0.5, 0.6) is 0 Å². The van der Waals surface area contributed by atoms with Crippen LogP contribution < -0.4 is 5.32 Å². The van der Waals surface area contributed by atoms with Crippen molar-refractivity contribution in [1.82, 2.24) is 19.8 Å². The molecule has 1 N–H and O–H groups in total. The predicted octanol–water partition coefficient (Wildman–Crippen LogP) is 4.20. The normalized spacial score (nSPS) is 18.8. The Bertz CT molecular complexity index is 1050. The number of nitrogens with one attached hydrogen (secondary N) is 1. The second-order valence-corrected chi connectivity index (χ2v) is 8.18. The molecule has 8 heteroatoms. The molecule has 1 aromatic carbocycles. The minimum atomic E-state index is -0.315. The molecule has 2 aromatic heterocycles. The van der Waals surface area contributed by atoms with E-state index in [2.05, 4.69) is 34.3 Å². The molecule has 8 nitrogen and oxygen atoms in total.